The van der Waals surface area contributed by atoms with Crippen LogP contribution in [0.1, 0.15) is 25.3 Å². The standard InChI is InChI=1S/C14H17N3O3/c1-2-19-14(18)17-7-5-12(6-8-17)20-13-4-3-11(9-15)10-16-13/h3-4,10,12H,2,5-8H2,1H3. The van der Waals surface area contributed by atoms with Gasteiger partial charge >= 0.3 is 6.09 Å². The second-order valence-corrected chi connectivity index (χ2v) is 4.50. The second kappa shape index (κ2) is 6.75. The normalized spacial score (nSPS) is 15.5. The number of nitrogens with zero attached hydrogens (tertiary/aromatic N) is 3. The summed E-state index contributed by atoms with van der Waals surface area (Å²) < 4.78 is 10.7. The van der Waals surface area contributed by atoms with Gasteiger partial charge in [0.05, 0.1) is 12.2 Å². The number of likely N-dealkylation sites (tertiary alicyclic amines) is 1. The van der Waals surface area contributed by atoms with Crippen molar-refractivity contribution in [3.05, 3.63) is 23.9 Å². The third-order valence-corrected chi connectivity index (χ3v) is 3.12. The van der Waals surface area contributed by atoms with Gasteiger partial charge in [-0.25, -0.2) is 9.78 Å². The Hall–Kier alpha value is -2.29. The van der Waals surface area contributed by atoms with Crippen molar-refractivity contribution in [2.45, 2.75) is 25.9 Å². The van der Waals surface area contributed by atoms with E-state index in [2.05, 4.69) is 4.98 Å². The van der Waals surface area contributed by atoms with Crippen molar-refractivity contribution in [3.8, 4) is 11.9 Å². The lowest BCUT2D eigenvalue weighted by Crippen LogP contribution is -2.42. The number of carbonyl (C=O) groups excluding carboxylic acids is 1. The molecule has 1 saturated heterocycles. The predicted octanol–water partition coefficient (Wildman–Crippen LogP) is 1.95. The molecule has 0 bridgehead atoms. The summed E-state index contributed by atoms with van der Waals surface area (Å²) in [5.41, 5.74) is 0.509. The van der Waals surface area contributed by atoms with Crippen LogP contribution in [0.15, 0.2) is 18.3 Å². The third kappa shape index (κ3) is 3.60. The first-order valence-corrected chi connectivity index (χ1v) is 6.67. The highest BCUT2D eigenvalue weighted by atomic mass is 16.6. The molecule has 0 radical (unpaired) electrons. The Morgan fingerprint density at radius 1 is 1.50 bits per heavy atom. The van der Waals surface area contributed by atoms with Crippen LogP contribution in [0.25, 0.3) is 0 Å². The van der Waals surface area contributed by atoms with E-state index in [4.69, 9.17) is 14.7 Å². The van der Waals surface area contributed by atoms with E-state index in [1.165, 1.54) is 6.20 Å². The Labute approximate surface area is 117 Å². The summed E-state index contributed by atoms with van der Waals surface area (Å²) >= 11 is 0. The summed E-state index contributed by atoms with van der Waals surface area (Å²) in [6.07, 6.45) is 2.77. The van der Waals surface area contributed by atoms with Gasteiger partial charge in [0.25, 0.3) is 0 Å². The van der Waals surface area contributed by atoms with Crippen LogP contribution >= 0.6 is 0 Å². The van der Waals surface area contributed by atoms with Crippen molar-refractivity contribution in [2.75, 3.05) is 19.7 Å². The summed E-state index contributed by atoms with van der Waals surface area (Å²) in [5.74, 6) is 0.513. The maximum absolute atomic E-state index is 11.6. The lowest BCUT2D eigenvalue weighted by molar-refractivity contribution is 0.0688. The Morgan fingerprint density at radius 3 is 2.80 bits per heavy atom. The first-order valence-electron chi connectivity index (χ1n) is 6.67. The van der Waals surface area contributed by atoms with E-state index in [1.54, 1.807) is 24.0 Å². The van der Waals surface area contributed by atoms with E-state index in [0.29, 0.717) is 31.1 Å². The zero-order chi connectivity index (χ0) is 14.4. The highest BCUT2D eigenvalue weighted by molar-refractivity contribution is 5.67. The van der Waals surface area contributed by atoms with Crippen molar-refractivity contribution >= 4 is 6.09 Å². The van der Waals surface area contributed by atoms with Gasteiger partial charge in [-0.15, -0.1) is 0 Å². The molecule has 0 aromatic carbocycles. The van der Waals surface area contributed by atoms with Crippen molar-refractivity contribution in [1.29, 1.82) is 5.26 Å². The van der Waals surface area contributed by atoms with Gasteiger partial charge in [-0.2, -0.15) is 5.26 Å². The molecule has 0 aliphatic carbocycles. The topological polar surface area (TPSA) is 75.4 Å². The molecular formula is C14H17N3O3. The minimum atomic E-state index is -0.262. The maximum Gasteiger partial charge on any atom is 0.409 e. The number of rotatable bonds is 3. The summed E-state index contributed by atoms with van der Waals surface area (Å²) in [4.78, 5) is 17.3. The summed E-state index contributed by atoms with van der Waals surface area (Å²) in [6, 6.07) is 5.38. The van der Waals surface area contributed by atoms with Crippen molar-refractivity contribution < 1.29 is 14.3 Å². The van der Waals surface area contributed by atoms with Crippen LogP contribution in [0.5, 0.6) is 5.88 Å². The zero-order valence-corrected chi connectivity index (χ0v) is 11.4. The summed E-state index contributed by atoms with van der Waals surface area (Å²) in [5, 5.41) is 8.69. The van der Waals surface area contributed by atoms with Gasteiger partial charge in [-0.1, -0.05) is 0 Å². The lowest BCUT2D eigenvalue weighted by atomic mass is 10.1. The highest BCUT2D eigenvalue weighted by Gasteiger charge is 2.24. The van der Waals surface area contributed by atoms with Gasteiger partial charge in [0.2, 0.25) is 5.88 Å². The van der Waals surface area contributed by atoms with E-state index < -0.39 is 0 Å². The number of hydrogen-bond acceptors (Lipinski definition) is 5. The minimum Gasteiger partial charge on any atom is -0.474 e. The van der Waals surface area contributed by atoms with Crippen LogP contribution in [-0.2, 0) is 4.74 Å². The monoisotopic (exact) mass is 275 g/mol. The molecule has 0 N–H and O–H groups in total. The van der Waals surface area contributed by atoms with E-state index >= 15 is 0 Å². The Morgan fingerprint density at radius 2 is 2.25 bits per heavy atom. The molecule has 1 aromatic heterocycles. The summed E-state index contributed by atoms with van der Waals surface area (Å²) in [6.45, 7) is 3.44. The number of ether oxygens (including phenoxy) is 2. The van der Waals surface area contributed by atoms with Gasteiger partial charge in [0, 0.05) is 38.2 Å². The minimum absolute atomic E-state index is 0.0427. The molecule has 6 nitrogen and oxygen atoms in total. The van der Waals surface area contributed by atoms with Crippen molar-refractivity contribution in [1.82, 2.24) is 9.88 Å². The summed E-state index contributed by atoms with van der Waals surface area (Å²) in [7, 11) is 0. The number of piperidine rings is 1. The molecule has 1 amide bonds. The fourth-order valence-electron chi connectivity index (χ4n) is 2.06. The van der Waals surface area contributed by atoms with E-state index in [0.717, 1.165) is 12.8 Å². The van der Waals surface area contributed by atoms with Gasteiger partial charge in [-0.05, 0) is 13.0 Å². The van der Waals surface area contributed by atoms with Crippen LogP contribution in [0.4, 0.5) is 4.79 Å². The van der Waals surface area contributed by atoms with E-state index in [1.807, 2.05) is 6.07 Å². The van der Waals surface area contributed by atoms with Crippen LogP contribution < -0.4 is 4.74 Å². The molecule has 1 aliphatic heterocycles. The smallest absolute Gasteiger partial charge is 0.409 e. The average Bonchev–Trinajstić information content (AvgIpc) is 2.49. The fraction of sp³-hybridized carbons (Fsp3) is 0.500. The van der Waals surface area contributed by atoms with Crippen LogP contribution in [0, 0.1) is 11.3 Å². The molecule has 0 atom stereocenters. The average molecular weight is 275 g/mol. The predicted molar refractivity (Wildman–Crippen MR) is 71.2 cm³/mol. The molecule has 106 valence electrons. The van der Waals surface area contributed by atoms with Crippen LogP contribution in [-0.4, -0.2) is 41.8 Å². The molecule has 20 heavy (non-hydrogen) atoms. The van der Waals surface area contributed by atoms with E-state index in [-0.39, 0.29) is 12.2 Å². The van der Waals surface area contributed by atoms with Gasteiger partial charge in [0.1, 0.15) is 12.2 Å². The molecule has 1 fully saturated rings. The Kier molecular flexibility index (Phi) is 4.77. The quantitative estimate of drug-likeness (QED) is 0.842. The highest BCUT2D eigenvalue weighted by Crippen LogP contribution is 2.17. The van der Waals surface area contributed by atoms with Crippen molar-refractivity contribution in [2.24, 2.45) is 0 Å². The zero-order valence-electron chi connectivity index (χ0n) is 11.4. The van der Waals surface area contributed by atoms with Crippen LogP contribution in [0.3, 0.4) is 0 Å². The second-order valence-electron chi connectivity index (χ2n) is 4.50. The molecular weight excluding hydrogens is 258 g/mol. The molecule has 1 aromatic rings. The third-order valence-electron chi connectivity index (χ3n) is 3.12. The maximum atomic E-state index is 11.6. The van der Waals surface area contributed by atoms with Gasteiger partial charge < -0.3 is 14.4 Å². The first-order chi connectivity index (χ1) is 9.72. The van der Waals surface area contributed by atoms with Gasteiger partial charge in [0.15, 0.2) is 0 Å². The largest absolute Gasteiger partial charge is 0.474 e. The Balaban J connectivity index is 1.82. The van der Waals surface area contributed by atoms with Gasteiger partial charge in [-0.3, -0.25) is 0 Å². The molecule has 0 saturated carbocycles. The van der Waals surface area contributed by atoms with Crippen LogP contribution in [0.2, 0.25) is 0 Å². The first kappa shape index (κ1) is 14.1. The number of hydrogen-bond donors (Lipinski definition) is 0. The fourth-order valence-corrected chi connectivity index (χ4v) is 2.06. The number of amides is 1. The lowest BCUT2D eigenvalue weighted by Gasteiger charge is -2.31. The molecule has 2 rings (SSSR count). The molecule has 0 spiro atoms. The Bertz CT molecular complexity index is 487. The SMILES string of the molecule is CCOC(=O)N1CCC(Oc2ccc(C#N)cn2)CC1. The number of carbonyl (C=O) groups is 1. The number of aromatic nitrogens is 1. The van der Waals surface area contributed by atoms with Crippen molar-refractivity contribution in [3.63, 3.8) is 0 Å². The number of nitriles is 1. The molecule has 1 aliphatic rings. The molecule has 6 heteroatoms. The molecule has 0 unspecified atom stereocenters. The molecule has 2 heterocycles. The van der Waals surface area contributed by atoms with E-state index in [9.17, 15) is 4.79 Å². The number of pyridine rings is 1.